The minimum atomic E-state index is -0.280. The monoisotopic (exact) mass is 326 g/mol. The minimum Gasteiger partial charge on any atom is -0.330 e. The summed E-state index contributed by atoms with van der Waals surface area (Å²) in [4.78, 5) is 2.98. The topological polar surface area (TPSA) is 20.7 Å². The van der Waals surface area contributed by atoms with E-state index in [0.717, 1.165) is 5.52 Å². The van der Waals surface area contributed by atoms with Crippen molar-refractivity contribution >= 4 is 46.5 Å². The standard InChI is InChI=1S/C14H9Cl2FN2S/c1-7-4-13-11(6-10(7)17)18-14(20)19(13)12-5-8(15)2-3-9(12)16/h2-6H,1H3,(H,18,20). The molecule has 0 saturated carbocycles. The first-order valence-electron chi connectivity index (χ1n) is 5.83. The van der Waals surface area contributed by atoms with Crippen molar-refractivity contribution in [1.82, 2.24) is 9.55 Å². The van der Waals surface area contributed by atoms with E-state index in [1.54, 1.807) is 35.8 Å². The number of fused-ring (bicyclic) bond motifs is 1. The third-order valence-electron chi connectivity index (χ3n) is 3.11. The Kier molecular flexibility index (Phi) is 3.32. The summed E-state index contributed by atoms with van der Waals surface area (Å²) < 4.78 is 15.8. The van der Waals surface area contributed by atoms with Crippen LogP contribution in [0.2, 0.25) is 10.0 Å². The Labute approximate surface area is 129 Å². The molecule has 0 aliphatic carbocycles. The van der Waals surface area contributed by atoms with Crippen molar-refractivity contribution < 1.29 is 4.39 Å². The smallest absolute Gasteiger partial charge is 0.182 e. The molecule has 0 unspecified atom stereocenters. The molecule has 3 rings (SSSR count). The average Bonchev–Trinajstić information content (AvgIpc) is 2.69. The van der Waals surface area contributed by atoms with Crippen molar-refractivity contribution in [2.45, 2.75) is 6.92 Å². The van der Waals surface area contributed by atoms with Crippen LogP contribution in [0.3, 0.4) is 0 Å². The maximum Gasteiger partial charge on any atom is 0.182 e. The molecular formula is C14H9Cl2FN2S. The van der Waals surface area contributed by atoms with Gasteiger partial charge in [-0.15, -0.1) is 0 Å². The zero-order valence-electron chi connectivity index (χ0n) is 10.4. The highest BCUT2D eigenvalue weighted by Crippen LogP contribution is 2.29. The van der Waals surface area contributed by atoms with Crippen LogP contribution in [0.5, 0.6) is 0 Å². The van der Waals surface area contributed by atoms with Gasteiger partial charge in [-0.3, -0.25) is 4.57 Å². The van der Waals surface area contributed by atoms with Gasteiger partial charge in [-0.1, -0.05) is 23.2 Å². The van der Waals surface area contributed by atoms with Crippen LogP contribution in [0.25, 0.3) is 16.7 Å². The maximum atomic E-state index is 13.6. The predicted molar refractivity (Wildman–Crippen MR) is 83.2 cm³/mol. The van der Waals surface area contributed by atoms with E-state index in [4.69, 9.17) is 35.4 Å². The van der Waals surface area contributed by atoms with Crippen molar-refractivity contribution in [3.63, 3.8) is 0 Å². The van der Waals surface area contributed by atoms with E-state index in [1.165, 1.54) is 6.07 Å². The highest BCUT2D eigenvalue weighted by molar-refractivity contribution is 7.71. The molecule has 102 valence electrons. The van der Waals surface area contributed by atoms with Gasteiger partial charge in [0.25, 0.3) is 0 Å². The zero-order chi connectivity index (χ0) is 14.4. The van der Waals surface area contributed by atoms with Gasteiger partial charge in [-0.2, -0.15) is 0 Å². The summed E-state index contributed by atoms with van der Waals surface area (Å²) >= 11 is 17.5. The molecule has 1 N–H and O–H groups in total. The second-order valence-electron chi connectivity index (χ2n) is 4.48. The van der Waals surface area contributed by atoms with Crippen LogP contribution < -0.4 is 0 Å². The third kappa shape index (κ3) is 2.14. The fourth-order valence-corrected chi connectivity index (χ4v) is 2.80. The molecule has 0 saturated heterocycles. The Morgan fingerprint density at radius 3 is 2.70 bits per heavy atom. The summed E-state index contributed by atoms with van der Waals surface area (Å²) in [6.45, 7) is 1.70. The molecule has 20 heavy (non-hydrogen) atoms. The number of aromatic nitrogens is 2. The molecule has 1 heterocycles. The predicted octanol–water partition coefficient (Wildman–Crippen LogP) is 5.44. The highest BCUT2D eigenvalue weighted by atomic mass is 35.5. The highest BCUT2D eigenvalue weighted by Gasteiger charge is 2.12. The molecule has 3 aromatic rings. The fraction of sp³-hybridized carbons (Fsp3) is 0.0714. The summed E-state index contributed by atoms with van der Waals surface area (Å²) in [6.07, 6.45) is 0. The third-order valence-corrected chi connectivity index (χ3v) is 3.95. The second kappa shape index (κ2) is 4.88. The molecule has 6 heteroatoms. The minimum absolute atomic E-state index is 0.280. The van der Waals surface area contributed by atoms with Crippen LogP contribution in [0.1, 0.15) is 5.56 Å². The first kappa shape index (κ1) is 13.6. The first-order chi connectivity index (χ1) is 9.47. The van der Waals surface area contributed by atoms with Crippen molar-refractivity contribution in [3.05, 3.63) is 56.5 Å². The van der Waals surface area contributed by atoms with Crippen LogP contribution in [-0.2, 0) is 0 Å². The van der Waals surface area contributed by atoms with Crippen molar-refractivity contribution in [1.29, 1.82) is 0 Å². The second-order valence-corrected chi connectivity index (χ2v) is 5.71. The van der Waals surface area contributed by atoms with Crippen molar-refractivity contribution in [3.8, 4) is 5.69 Å². The van der Waals surface area contributed by atoms with Gasteiger partial charge in [-0.25, -0.2) is 4.39 Å². The number of H-pyrrole nitrogens is 1. The number of aromatic amines is 1. The Morgan fingerprint density at radius 1 is 1.20 bits per heavy atom. The molecule has 2 nitrogen and oxygen atoms in total. The first-order valence-corrected chi connectivity index (χ1v) is 7.00. The Morgan fingerprint density at radius 2 is 1.95 bits per heavy atom. The Hall–Kier alpha value is -1.36. The number of rotatable bonds is 1. The lowest BCUT2D eigenvalue weighted by Crippen LogP contribution is -1.96. The van der Waals surface area contributed by atoms with Gasteiger partial charge in [0.05, 0.1) is 21.7 Å². The molecule has 0 aliphatic rings. The number of nitrogens with zero attached hydrogens (tertiary/aromatic N) is 1. The van der Waals surface area contributed by atoms with E-state index >= 15 is 0 Å². The lowest BCUT2D eigenvalue weighted by atomic mass is 10.2. The van der Waals surface area contributed by atoms with E-state index in [1.807, 2.05) is 0 Å². The average molecular weight is 327 g/mol. The summed E-state index contributed by atoms with van der Waals surface area (Å²) in [5.74, 6) is -0.280. The summed E-state index contributed by atoms with van der Waals surface area (Å²) in [5, 5.41) is 1.08. The van der Waals surface area contributed by atoms with Gasteiger partial charge < -0.3 is 4.98 Å². The van der Waals surface area contributed by atoms with Gasteiger partial charge >= 0.3 is 0 Å². The van der Waals surface area contributed by atoms with Crippen molar-refractivity contribution in [2.75, 3.05) is 0 Å². The maximum absolute atomic E-state index is 13.6. The number of hydrogen-bond donors (Lipinski definition) is 1. The Bertz CT molecular complexity index is 883. The Balaban J connectivity index is 2.42. The molecule has 1 aromatic heterocycles. The normalized spacial score (nSPS) is 11.2. The molecule has 0 fully saturated rings. The number of aryl methyl sites for hydroxylation is 1. The number of imidazole rings is 1. The molecule has 0 atom stereocenters. The summed E-state index contributed by atoms with van der Waals surface area (Å²) in [6, 6.07) is 8.29. The van der Waals surface area contributed by atoms with E-state index in [0.29, 0.717) is 31.6 Å². The van der Waals surface area contributed by atoms with Crippen molar-refractivity contribution in [2.24, 2.45) is 0 Å². The summed E-state index contributed by atoms with van der Waals surface area (Å²) in [5.41, 5.74) is 2.59. The van der Waals surface area contributed by atoms with Gasteiger partial charge in [0.1, 0.15) is 5.82 Å². The molecule has 2 aromatic carbocycles. The zero-order valence-corrected chi connectivity index (χ0v) is 12.7. The fourth-order valence-electron chi connectivity index (χ4n) is 2.13. The van der Waals surface area contributed by atoms with E-state index < -0.39 is 0 Å². The van der Waals surface area contributed by atoms with Crippen LogP contribution in [-0.4, -0.2) is 9.55 Å². The molecular weight excluding hydrogens is 318 g/mol. The van der Waals surface area contributed by atoms with Crippen LogP contribution in [0.4, 0.5) is 4.39 Å². The van der Waals surface area contributed by atoms with Gasteiger partial charge in [0, 0.05) is 5.02 Å². The van der Waals surface area contributed by atoms with Crippen LogP contribution in [0, 0.1) is 17.5 Å². The molecule has 0 amide bonds. The van der Waals surface area contributed by atoms with Gasteiger partial charge in [0.15, 0.2) is 4.77 Å². The SMILES string of the molecule is Cc1cc2c(cc1F)[nH]c(=S)n2-c1cc(Cl)ccc1Cl. The number of halogens is 3. The lowest BCUT2D eigenvalue weighted by molar-refractivity contribution is 0.620. The number of nitrogens with one attached hydrogen (secondary N) is 1. The van der Waals surface area contributed by atoms with E-state index in [-0.39, 0.29) is 5.82 Å². The van der Waals surface area contributed by atoms with Crippen LogP contribution in [0.15, 0.2) is 30.3 Å². The molecule has 0 aliphatic heterocycles. The number of benzene rings is 2. The number of hydrogen-bond acceptors (Lipinski definition) is 1. The summed E-state index contributed by atoms with van der Waals surface area (Å²) in [7, 11) is 0. The van der Waals surface area contributed by atoms with E-state index in [2.05, 4.69) is 4.98 Å². The van der Waals surface area contributed by atoms with Gasteiger partial charge in [-0.05, 0) is 55.0 Å². The molecule has 0 spiro atoms. The van der Waals surface area contributed by atoms with E-state index in [9.17, 15) is 4.39 Å². The largest absolute Gasteiger partial charge is 0.330 e. The van der Waals surface area contributed by atoms with Gasteiger partial charge in [0.2, 0.25) is 0 Å². The molecule has 0 bridgehead atoms. The quantitative estimate of drug-likeness (QED) is 0.590. The van der Waals surface area contributed by atoms with Crippen LogP contribution >= 0.6 is 35.4 Å². The molecule has 0 radical (unpaired) electrons. The lowest BCUT2D eigenvalue weighted by Gasteiger charge is -2.08.